The minimum Gasteiger partial charge on any atom is -0.492 e. The van der Waals surface area contributed by atoms with E-state index in [9.17, 15) is 9.18 Å². The van der Waals surface area contributed by atoms with Gasteiger partial charge in [0, 0.05) is 6.42 Å². The molecule has 2 aliphatic heterocycles. The number of benzene rings is 2. The van der Waals surface area contributed by atoms with Crippen LogP contribution < -0.4 is 19.1 Å². The number of carbonyl (C=O) groups excluding carboxylic acids is 1. The van der Waals surface area contributed by atoms with Gasteiger partial charge in [0.2, 0.25) is 12.5 Å². The van der Waals surface area contributed by atoms with E-state index >= 15 is 0 Å². The molecule has 5 nitrogen and oxygen atoms in total. The van der Waals surface area contributed by atoms with E-state index in [-0.39, 0.29) is 18.4 Å². The van der Waals surface area contributed by atoms with Crippen LogP contribution >= 0.6 is 0 Å². The van der Waals surface area contributed by atoms with E-state index in [2.05, 4.69) is 7.05 Å². The first-order chi connectivity index (χ1) is 13.1. The van der Waals surface area contributed by atoms with E-state index in [1.807, 2.05) is 0 Å². The minimum absolute atomic E-state index is 0.0607. The van der Waals surface area contributed by atoms with E-state index in [1.54, 1.807) is 25.3 Å². The van der Waals surface area contributed by atoms with E-state index in [0.717, 1.165) is 30.6 Å². The van der Waals surface area contributed by atoms with Gasteiger partial charge in [-0.05, 0) is 29.3 Å². The molecule has 0 bridgehead atoms. The first-order valence-electron chi connectivity index (χ1n) is 8.89. The molecule has 2 aromatic rings. The fourth-order valence-corrected chi connectivity index (χ4v) is 3.73. The standard InChI is InChI=1S/C21H20FNO4/c1-23-9-8-15-16(11-23)19(25-2)21-20(26-12-27-21)18(15)17(24)7-6-13-4-3-5-14(22)10-13/h3-7,10H,8-9,11-12H2,1-2H3/p+1/b7-6+. The van der Waals surface area contributed by atoms with Gasteiger partial charge >= 0.3 is 0 Å². The Balaban J connectivity index is 1.79. The zero-order valence-corrected chi connectivity index (χ0v) is 15.3. The zero-order valence-electron chi connectivity index (χ0n) is 15.3. The van der Waals surface area contributed by atoms with Gasteiger partial charge in [-0.25, -0.2) is 4.39 Å². The fourth-order valence-electron chi connectivity index (χ4n) is 3.73. The van der Waals surface area contributed by atoms with E-state index in [1.165, 1.54) is 23.1 Å². The van der Waals surface area contributed by atoms with Gasteiger partial charge in [-0.1, -0.05) is 18.2 Å². The van der Waals surface area contributed by atoms with Gasteiger partial charge in [-0.15, -0.1) is 0 Å². The van der Waals surface area contributed by atoms with Gasteiger partial charge in [0.15, 0.2) is 17.3 Å². The number of ketones is 1. The first kappa shape index (κ1) is 17.5. The largest absolute Gasteiger partial charge is 0.492 e. The van der Waals surface area contributed by atoms with Gasteiger partial charge in [0.05, 0.1) is 31.8 Å². The van der Waals surface area contributed by atoms with Crippen molar-refractivity contribution >= 4 is 11.9 Å². The number of nitrogens with one attached hydrogen (secondary N) is 1. The summed E-state index contributed by atoms with van der Waals surface area (Å²) < 4.78 is 30.2. The Morgan fingerprint density at radius 3 is 2.85 bits per heavy atom. The maximum Gasteiger partial charge on any atom is 0.231 e. The third-order valence-electron chi connectivity index (χ3n) is 4.99. The molecule has 0 spiro atoms. The lowest BCUT2D eigenvalue weighted by Gasteiger charge is -2.26. The predicted molar refractivity (Wildman–Crippen MR) is 98.0 cm³/mol. The summed E-state index contributed by atoms with van der Waals surface area (Å²) in [5, 5.41) is 0. The van der Waals surface area contributed by atoms with Crippen LogP contribution in [0.5, 0.6) is 17.2 Å². The van der Waals surface area contributed by atoms with E-state index in [4.69, 9.17) is 14.2 Å². The van der Waals surface area contributed by atoms with Crippen molar-refractivity contribution in [2.24, 2.45) is 0 Å². The number of methoxy groups -OCH3 is 1. The van der Waals surface area contributed by atoms with Crippen molar-refractivity contribution in [1.29, 1.82) is 0 Å². The fraction of sp³-hybridized carbons (Fsp3) is 0.286. The number of ether oxygens (including phenoxy) is 3. The van der Waals surface area contributed by atoms with Gasteiger partial charge in [-0.2, -0.15) is 0 Å². The van der Waals surface area contributed by atoms with Crippen molar-refractivity contribution in [2.75, 3.05) is 27.5 Å². The summed E-state index contributed by atoms with van der Waals surface area (Å²) in [6.45, 7) is 1.73. The molecule has 0 saturated heterocycles. The number of hydrogen-bond donors (Lipinski definition) is 1. The molecule has 0 fully saturated rings. The zero-order chi connectivity index (χ0) is 19.0. The summed E-state index contributed by atoms with van der Waals surface area (Å²) >= 11 is 0. The predicted octanol–water partition coefficient (Wildman–Crippen LogP) is 2.03. The van der Waals surface area contributed by atoms with Crippen LogP contribution in [0.3, 0.4) is 0 Å². The second kappa shape index (κ2) is 7.04. The summed E-state index contributed by atoms with van der Waals surface area (Å²) in [6.07, 6.45) is 3.83. The Labute approximate surface area is 156 Å². The van der Waals surface area contributed by atoms with E-state index < -0.39 is 0 Å². The molecule has 2 heterocycles. The Morgan fingerprint density at radius 2 is 2.07 bits per heavy atom. The molecule has 1 N–H and O–H groups in total. The number of likely N-dealkylation sites (N-methyl/N-ethyl adjacent to an activating group) is 1. The molecular formula is C21H21FNO4+. The van der Waals surface area contributed by atoms with E-state index in [0.29, 0.717) is 28.4 Å². The van der Waals surface area contributed by atoms with Crippen LogP contribution in [0.2, 0.25) is 0 Å². The molecular weight excluding hydrogens is 349 g/mol. The number of quaternary nitrogens is 1. The third kappa shape index (κ3) is 3.17. The van der Waals surface area contributed by atoms with Gasteiger partial charge in [0.1, 0.15) is 12.4 Å². The number of carbonyl (C=O) groups is 1. The summed E-state index contributed by atoms with van der Waals surface area (Å²) in [4.78, 5) is 14.4. The second-order valence-corrected chi connectivity index (χ2v) is 6.82. The smallest absolute Gasteiger partial charge is 0.231 e. The molecule has 2 aromatic carbocycles. The van der Waals surface area contributed by atoms with Crippen molar-refractivity contribution in [2.45, 2.75) is 13.0 Å². The molecule has 0 aliphatic carbocycles. The number of fused-ring (bicyclic) bond motifs is 2. The third-order valence-corrected chi connectivity index (χ3v) is 4.99. The number of halogens is 1. The molecule has 0 amide bonds. The van der Waals surface area contributed by atoms with Crippen LogP contribution in [0.15, 0.2) is 30.3 Å². The highest BCUT2D eigenvalue weighted by Crippen LogP contribution is 2.48. The highest BCUT2D eigenvalue weighted by Gasteiger charge is 2.35. The summed E-state index contributed by atoms with van der Waals surface area (Å²) in [5.74, 6) is 1.07. The van der Waals surface area contributed by atoms with Crippen molar-refractivity contribution in [3.63, 3.8) is 0 Å². The first-order valence-corrected chi connectivity index (χ1v) is 8.89. The molecule has 0 saturated carbocycles. The average molecular weight is 370 g/mol. The second-order valence-electron chi connectivity index (χ2n) is 6.82. The number of allylic oxidation sites excluding steroid dienone is 1. The number of rotatable bonds is 4. The Morgan fingerprint density at radius 1 is 1.26 bits per heavy atom. The van der Waals surface area contributed by atoms with Gasteiger partial charge in [-0.3, -0.25) is 4.79 Å². The van der Waals surface area contributed by atoms with Crippen LogP contribution in [-0.2, 0) is 13.0 Å². The molecule has 2 aliphatic rings. The lowest BCUT2D eigenvalue weighted by atomic mass is 9.90. The molecule has 4 rings (SSSR count). The number of hydrogen-bond acceptors (Lipinski definition) is 4. The Kier molecular flexibility index (Phi) is 4.58. The summed E-state index contributed by atoms with van der Waals surface area (Å²) in [5.41, 5.74) is 3.10. The Bertz CT molecular complexity index is 938. The van der Waals surface area contributed by atoms with Crippen molar-refractivity contribution in [3.8, 4) is 17.2 Å². The lowest BCUT2D eigenvalue weighted by molar-refractivity contribution is -0.895. The quantitative estimate of drug-likeness (QED) is 0.661. The van der Waals surface area contributed by atoms with Crippen molar-refractivity contribution in [1.82, 2.24) is 0 Å². The lowest BCUT2D eigenvalue weighted by Crippen LogP contribution is -3.08. The van der Waals surface area contributed by atoms with Gasteiger partial charge < -0.3 is 19.1 Å². The van der Waals surface area contributed by atoms with Crippen molar-refractivity contribution in [3.05, 3.63) is 58.4 Å². The Hall–Kier alpha value is -2.86. The van der Waals surface area contributed by atoms with Crippen LogP contribution in [0.4, 0.5) is 4.39 Å². The maximum absolute atomic E-state index is 13.4. The monoisotopic (exact) mass is 370 g/mol. The van der Waals surface area contributed by atoms with Gasteiger partial charge in [0.25, 0.3) is 0 Å². The molecule has 0 radical (unpaired) electrons. The average Bonchev–Trinajstić information content (AvgIpc) is 3.13. The molecule has 0 aromatic heterocycles. The van der Waals surface area contributed by atoms with Crippen molar-refractivity contribution < 1.29 is 28.3 Å². The summed E-state index contributed by atoms with van der Waals surface area (Å²) in [6, 6.07) is 6.12. The van der Waals surface area contributed by atoms with Crippen LogP contribution in [0.1, 0.15) is 27.0 Å². The molecule has 1 atom stereocenters. The van der Waals surface area contributed by atoms with Crippen LogP contribution in [0.25, 0.3) is 6.08 Å². The van der Waals surface area contributed by atoms with Crippen LogP contribution in [0, 0.1) is 5.82 Å². The topological polar surface area (TPSA) is 49.2 Å². The molecule has 140 valence electrons. The summed E-state index contributed by atoms with van der Waals surface area (Å²) in [7, 11) is 3.71. The van der Waals surface area contributed by atoms with Crippen LogP contribution in [-0.4, -0.2) is 33.3 Å². The SMILES string of the molecule is COc1c2c(c(C(=O)/C=C/c3cccc(F)c3)c3c1OCO3)CC[NH+](C)C2. The highest BCUT2D eigenvalue weighted by molar-refractivity contribution is 6.11. The normalized spacial score (nSPS) is 17.8. The molecule has 6 heteroatoms. The highest BCUT2D eigenvalue weighted by atomic mass is 19.1. The molecule has 1 unspecified atom stereocenters. The minimum atomic E-state index is -0.338. The molecule has 27 heavy (non-hydrogen) atoms. The maximum atomic E-state index is 13.4.